The average molecular weight is 370 g/mol. The third-order valence-electron chi connectivity index (χ3n) is 4.83. The number of halogens is 1. The van der Waals surface area contributed by atoms with Gasteiger partial charge in [0.25, 0.3) is 0 Å². The Labute approximate surface area is 155 Å². The van der Waals surface area contributed by atoms with Crippen molar-refractivity contribution in [3.63, 3.8) is 0 Å². The van der Waals surface area contributed by atoms with Crippen LogP contribution in [0, 0.1) is 22.9 Å². The molecule has 3 aromatic rings. The highest BCUT2D eigenvalue weighted by atomic mass is 19.1. The van der Waals surface area contributed by atoms with Gasteiger partial charge in [-0.3, -0.25) is 10.1 Å². The lowest BCUT2D eigenvalue weighted by Crippen LogP contribution is -2.25. The number of nitro benzene ring substituents is 1. The second-order valence-electron chi connectivity index (χ2n) is 6.64. The van der Waals surface area contributed by atoms with Crippen LogP contribution in [0.3, 0.4) is 0 Å². The maximum atomic E-state index is 14.3. The first kappa shape index (κ1) is 17.5. The standard InChI is InChI=1S/C20H19FN2O4/c1-13-5-4-6-16-14(13)8-9-22(16)18-12-17(23(24)25)15(21)11-19(18)27-20-7-2-3-10-26-20/h4-6,8-9,11-12,20H,2-3,7,10H2,1H3. The van der Waals surface area contributed by atoms with Crippen LogP contribution < -0.4 is 4.74 Å². The van der Waals surface area contributed by atoms with Gasteiger partial charge in [-0.15, -0.1) is 0 Å². The number of aryl methyl sites for hydroxylation is 1. The van der Waals surface area contributed by atoms with E-state index in [0.717, 1.165) is 35.4 Å². The zero-order chi connectivity index (χ0) is 19.0. The maximum absolute atomic E-state index is 14.3. The summed E-state index contributed by atoms with van der Waals surface area (Å²) in [6, 6.07) is 10.0. The van der Waals surface area contributed by atoms with Crippen molar-refractivity contribution < 1.29 is 18.8 Å². The molecule has 1 atom stereocenters. The van der Waals surface area contributed by atoms with Gasteiger partial charge in [-0.2, -0.15) is 4.39 Å². The average Bonchev–Trinajstić information content (AvgIpc) is 3.08. The van der Waals surface area contributed by atoms with Gasteiger partial charge in [-0.05, 0) is 37.5 Å². The van der Waals surface area contributed by atoms with E-state index in [0.29, 0.717) is 18.7 Å². The van der Waals surface area contributed by atoms with Crippen molar-refractivity contribution in [3.05, 3.63) is 64.1 Å². The number of ether oxygens (including phenoxy) is 2. The van der Waals surface area contributed by atoms with E-state index < -0.39 is 22.7 Å². The first-order valence-electron chi connectivity index (χ1n) is 8.88. The lowest BCUT2D eigenvalue weighted by atomic mass is 10.1. The van der Waals surface area contributed by atoms with E-state index in [1.807, 2.05) is 37.4 Å². The number of hydrogen-bond acceptors (Lipinski definition) is 4. The molecule has 2 heterocycles. The molecule has 7 heteroatoms. The molecule has 0 N–H and O–H groups in total. The summed E-state index contributed by atoms with van der Waals surface area (Å²) >= 11 is 0. The molecule has 0 spiro atoms. The monoisotopic (exact) mass is 370 g/mol. The summed E-state index contributed by atoms with van der Waals surface area (Å²) in [4.78, 5) is 10.5. The SMILES string of the molecule is Cc1cccc2c1ccn2-c1cc([N+](=O)[O-])c(F)cc1OC1CCCCO1. The second-order valence-corrected chi connectivity index (χ2v) is 6.64. The minimum Gasteiger partial charge on any atom is -0.463 e. The molecule has 1 fully saturated rings. The summed E-state index contributed by atoms with van der Waals surface area (Å²) in [6.07, 6.45) is 3.94. The molecule has 0 amide bonds. The lowest BCUT2D eigenvalue weighted by molar-refractivity contribution is -0.387. The lowest BCUT2D eigenvalue weighted by Gasteiger charge is -2.25. The van der Waals surface area contributed by atoms with E-state index in [1.54, 1.807) is 4.57 Å². The predicted molar refractivity (Wildman–Crippen MR) is 98.8 cm³/mol. The highest BCUT2D eigenvalue weighted by molar-refractivity contribution is 5.85. The number of fused-ring (bicyclic) bond motifs is 1. The van der Waals surface area contributed by atoms with E-state index in [2.05, 4.69) is 0 Å². The molecule has 4 rings (SSSR count). The Bertz CT molecular complexity index is 1010. The van der Waals surface area contributed by atoms with Crippen LogP contribution in [0.25, 0.3) is 16.6 Å². The Hall–Kier alpha value is -2.93. The summed E-state index contributed by atoms with van der Waals surface area (Å²) in [5, 5.41) is 12.3. The molecule has 1 aliphatic heterocycles. The fourth-order valence-electron chi connectivity index (χ4n) is 3.43. The highest BCUT2D eigenvalue weighted by Crippen LogP contribution is 2.35. The van der Waals surface area contributed by atoms with Crippen molar-refractivity contribution in [1.82, 2.24) is 4.57 Å². The molecule has 2 aromatic carbocycles. The molecule has 0 bridgehead atoms. The fourth-order valence-corrected chi connectivity index (χ4v) is 3.43. The Morgan fingerprint density at radius 2 is 2.15 bits per heavy atom. The molecule has 27 heavy (non-hydrogen) atoms. The van der Waals surface area contributed by atoms with Crippen LogP contribution in [0.1, 0.15) is 24.8 Å². The molecule has 0 saturated carbocycles. The third kappa shape index (κ3) is 3.26. The number of nitro groups is 1. The van der Waals surface area contributed by atoms with Crippen molar-refractivity contribution in [2.24, 2.45) is 0 Å². The van der Waals surface area contributed by atoms with E-state index in [1.165, 1.54) is 6.07 Å². The molecule has 1 saturated heterocycles. The number of aromatic nitrogens is 1. The van der Waals surface area contributed by atoms with Crippen LogP contribution in [0.5, 0.6) is 5.75 Å². The fraction of sp³-hybridized carbons (Fsp3) is 0.300. The van der Waals surface area contributed by atoms with Crippen molar-refractivity contribution in [3.8, 4) is 11.4 Å². The van der Waals surface area contributed by atoms with Crippen LogP contribution in [-0.2, 0) is 4.74 Å². The van der Waals surface area contributed by atoms with Gasteiger partial charge >= 0.3 is 5.69 Å². The Morgan fingerprint density at radius 3 is 2.89 bits per heavy atom. The van der Waals surface area contributed by atoms with Gasteiger partial charge in [0.2, 0.25) is 5.82 Å². The smallest absolute Gasteiger partial charge is 0.307 e. The molecule has 0 aliphatic carbocycles. The van der Waals surface area contributed by atoms with Gasteiger partial charge in [-0.1, -0.05) is 12.1 Å². The topological polar surface area (TPSA) is 66.5 Å². The van der Waals surface area contributed by atoms with Gasteiger partial charge in [0, 0.05) is 30.1 Å². The Balaban J connectivity index is 1.86. The molecule has 0 radical (unpaired) electrons. The Kier molecular flexibility index (Phi) is 4.53. The van der Waals surface area contributed by atoms with Gasteiger partial charge < -0.3 is 14.0 Å². The van der Waals surface area contributed by atoms with Crippen LogP contribution in [0.15, 0.2) is 42.6 Å². The summed E-state index contributed by atoms with van der Waals surface area (Å²) in [7, 11) is 0. The first-order valence-corrected chi connectivity index (χ1v) is 8.88. The van der Waals surface area contributed by atoms with Crippen molar-refractivity contribution >= 4 is 16.6 Å². The van der Waals surface area contributed by atoms with Crippen LogP contribution >= 0.6 is 0 Å². The molecule has 6 nitrogen and oxygen atoms in total. The largest absolute Gasteiger partial charge is 0.463 e. The summed E-state index contributed by atoms with van der Waals surface area (Å²) in [5.74, 6) is -0.703. The zero-order valence-electron chi connectivity index (χ0n) is 14.9. The van der Waals surface area contributed by atoms with E-state index in [-0.39, 0.29) is 5.75 Å². The summed E-state index contributed by atoms with van der Waals surface area (Å²) in [5.41, 5.74) is 1.78. The zero-order valence-corrected chi connectivity index (χ0v) is 14.9. The maximum Gasteiger partial charge on any atom is 0.307 e. The molecular formula is C20H19FN2O4. The van der Waals surface area contributed by atoms with Gasteiger partial charge in [0.05, 0.1) is 22.7 Å². The van der Waals surface area contributed by atoms with Crippen LogP contribution in [-0.4, -0.2) is 22.4 Å². The highest BCUT2D eigenvalue weighted by Gasteiger charge is 2.24. The van der Waals surface area contributed by atoms with Gasteiger partial charge in [0.15, 0.2) is 6.29 Å². The van der Waals surface area contributed by atoms with Crippen LogP contribution in [0.4, 0.5) is 10.1 Å². The second kappa shape index (κ2) is 7.00. The molecule has 140 valence electrons. The normalized spacial score (nSPS) is 17.2. The molecule has 1 unspecified atom stereocenters. The van der Waals surface area contributed by atoms with Gasteiger partial charge in [-0.25, -0.2) is 0 Å². The minimum atomic E-state index is -0.929. The van der Waals surface area contributed by atoms with Gasteiger partial charge in [0.1, 0.15) is 5.75 Å². The third-order valence-corrected chi connectivity index (χ3v) is 4.83. The quantitative estimate of drug-likeness (QED) is 0.484. The van der Waals surface area contributed by atoms with E-state index in [9.17, 15) is 14.5 Å². The van der Waals surface area contributed by atoms with Crippen molar-refractivity contribution in [2.75, 3.05) is 6.61 Å². The van der Waals surface area contributed by atoms with Crippen molar-refractivity contribution in [1.29, 1.82) is 0 Å². The summed E-state index contributed by atoms with van der Waals surface area (Å²) in [6.45, 7) is 2.58. The molecule has 1 aliphatic rings. The number of rotatable bonds is 4. The number of benzene rings is 2. The van der Waals surface area contributed by atoms with E-state index >= 15 is 0 Å². The van der Waals surface area contributed by atoms with E-state index in [4.69, 9.17) is 9.47 Å². The Morgan fingerprint density at radius 1 is 1.30 bits per heavy atom. The number of nitrogens with zero attached hydrogens (tertiary/aromatic N) is 2. The molecule has 1 aromatic heterocycles. The minimum absolute atomic E-state index is 0.226. The first-order chi connectivity index (χ1) is 13.0. The molecular weight excluding hydrogens is 351 g/mol. The predicted octanol–water partition coefficient (Wildman–Crippen LogP) is 4.89. The van der Waals surface area contributed by atoms with Crippen molar-refractivity contribution in [2.45, 2.75) is 32.5 Å². The summed E-state index contributed by atoms with van der Waals surface area (Å²) < 4.78 is 27.6. The van der Waals surface area contributed by atoms with Crippen LogP contribution in [0.2, 0.25) is 0 Å². The number of hydrogen-bond donors (Lipinski definition) is 0.